The van der Waals surface area contributed by atoms with Crippen molar-refractivity contribution in [3.63, 3.8) is 0 Å². The molecule has 0 atom stereocenters. The molecular formula is C28H23FN6O4. The van der Waals surface area contributed by atoms with Crippen molar-refractivity contribution in [3.05, 3.63) is 118 Å². The van der Waals surface area contributed by atoms with Gasteiger partial charge in [-0.15, -0.1) is 0 Å². The first-order chi connectivity index (χ1) is 18.8. The number of hydrogen-bond acceptors (Lipinski definition) is 6. The Labute approximate surface area is 221 Å². The number of nitrogens with one attached hydrogen (secondary N) is 1. The molecule has 3 aromatic heterocycles. The van der Waals surface area contributed by atoms with Crippen LogP contribution in [0.4, 0.5) is 10.1 Å². The Morgan fingerprint density at radius 1 is 1.00 bits per heavy atom. The largest absolute Gasteiger partial charge is 0.457 e. The molecule has 0 aliphatic carbocycles. The molecule has 0 unspecified atom stereocenters. The Kier molecular flexibility index (Phi) is 6.87. The van der Waals surface area contributed by atoms with Crippen molar-refractivity contribution in [2.75, 3.05) is 5.32 Å². The summed E-state index contributed by atoms with van der Waals surface area (Å²) in [6, 6.07) is 13.2. The predicted molar refractivity (Wildman–Crippen MR) is 143 cm³/mol. The molecule has 0 fully saturated rings. The van der Waals surface area contributed by atoms with Crippen LogP contribution in [0, 0.1) is 5.82 Å². The molecule has 11 heteroatoms. The van der Waals surface area contributed by atoms with Gasteiger partial charge in [0.05, 0.1) is 11.9 Å². The predicted octanol–water partition coefficient (Wildman–Crippen LogP) is 4.00. The second-order valence-electron chi connectivity index (χ2n) is 8.58. The van der Waals surface area contributed by atoms with Gasteiger partial charge in [-0.25, -0.2) is 13.8 Å². The minimum Gasteiger partial charge on any atom is -0.457 e. The fourth-order valence-corrected chi connectivity index (χ4v) is 3.98. The van der Waals surface area contributed by atoms with Gasteiger partial charge in [-0.1, -0.05) is 0 Å². The van der Waals surface area contributed by atoms with Crippen LogP contribution in [0.25, 0.3) is 16.8 Å². The van der Waals surface area contributed by atoms with Crippen molar-refractivity contribution in [1.82, 2.24) is 23.9 Å². The van der Waals surface area contributed by atoms with Crippen molar-refractivity contribution in [2.24, 2.45) is 7.05 Å². The van der Waals surface area contributed by atoms with E-state index in [1.807, 2.05) is 13.2 Å². The van der Waals surface area contributed by atoms with Crippen LogP contribution in [0.3, 0.4) is 0 Å². The number of aromatic nitrogens is 5. The van der Waals surface area contributed by atoms with Gasteiger partial charge in [0, 0.05) is 55.2 Å². The summed E-state index contributed by atoms with van der Waals surface area (Å²) in [6.07, 6.45) is 8.11. The van der Waals surface area contributed by atoms with Crippen LogP contribution >= 0.6 is 0 Å². The maximum Gasteiger partial charge on any atom is 0.335 e. The second-order valence-corrected chi connectivity index (χ2v) is 8.58. The normalized spacial score (nSPS) is 10.8. The topological polar surface area (TPSA) is 113 Å². The molecule has 5 rings (SSSR count). The van der Waals surface area contributed by atoms with Crippen LogP contribution in [0.1, 0.15) is 17.3 Å². The van der Waals surface area contributed by atoms with E-state index in [9.17, 15) is 18.8 Å². The van der Waals surface area contributed by atoms with E-state index in [0.717, 1.165) is 27.8 Å². The highest BCUT2D eigenvalue weighted by molar-refractivity contribution is 6.03. The van der Waals surface area contributed by atoms with E-state index < -0.39 is 23.0 Å². The molecular weight excluding hydrogens is 503 g/mol. The SMILES string of the molecule is CCn1cc(C(=O)Nc2ccc(Oc3ccncc3-c3cnn(C)c3)cc2)c(=O)n(-c2ccc(F)cc2)c1=O. The molecule has 0 spiro atoms. The maximum atomic E-state index is 13.4. The van der Waals surface area contributed by atoms with Gasteiger partial charge >= 0.3 is 5.69 Å². The molecule has 39 heavy (non-hydrogen) atoms. The molecule has 1 amide bonds. The van der Waals surface area contributed by atoms with Gasteiger partial charge in [0.15, 0.2) is 0 Å². The van der Waals surface area contributed by atoms with Crippen molar-refractivity contribution < 1.29 is 13.9 Å². The molecule has 196 valence electrons. The number of nitrogens with zero attached hydrogens (tertiary/aromatic N) is 5. The first-order valence-electron chi connectivity index (χ1n) is 12.0. The lowest BCUT2D eigenvalue weighted by Crippen LogP contribution is -2.42. The van der Waals surface area contributed by atoms with E-state index in [-0.39, 0.29) is 17.8 Å². The van der Waals surface area contributed by atoms with Crippen molar-refractivity contribution in [2.45, 2.75) is 13.5 Å². The molecule has 10 nitrogen and oxygen atoms in total. The zero-order chi connectivity index (χ0) is 27.5. The zero-order valence-corrected chi connectivity index (χ0v) is 21.0. The summed E-state index contributed by atoms with van der Waals surface area (Å²) in [6.45, 7) is 1.94. The third-order valence-corrected chi connectivity index (χ3v) is 5.96. The summed E-state index contributed by atoms with van der Waals surface area (Å²) in [4.78, 5) is 43.2. The van der Waals surface area contributed by atoms with E-state index >= 15 is 0 Å². The number of carbonyl (C=O) groups excluding carboxylic acids is 1. The molecule has 0 aliphatic heterocycles. The smallest absolute Gasteiger partial charge is 0.335 e. The van der Waals surface area contributed by atoms with E-state index in [1.165, 1.54) is 22.9 Å². The Morgan fingerprint density at radius 3 is 2.41 bits per heavy atom. The molecule has 0 radical (unpaired) electrons. The molecule has 0 bridgehead atoms. The van der Waals surface area contributed by atoms with E-state index in [4.69, 9.17) is 4.74 Å². The summed E-state index contributed by atoms with van der Waals surface area (Å²) >= 11 is 0. The molecule has 0 saturated carbocycles. The standard InChI is InChI=1S/C28H23FN6O4/c1-3-34-17-24(27(37)35(28(34)38)21-8-4-19(29)5-9-21)26(36)32-20-6-10-22(11-7-20)39-25-12-13-30-15-23(25)18-14-31-33(2)16-18/h4-17H,3H2,1-2H3,(H,32,36). The summed E-state index contributed by atoms with van der Waals surface area (Å²) in [5, 5.41) is 6.87. The van der Waals surface area contributed by atoms with Gasteiger partial charge in [0.25, 0.3) is 11.5 Å². The highest BCUT2D eigenvalue weighted by atomic mass is 19.1. The number of carbonyl (C=O) groups is 1. The Morgan fingerprint density at radius 2 is 1.74 bits per heavy atom. The van der Waals surface area contributed by atoms with Crippen LogP contribution in [-0.2, 0) is 13.6 Å². The fourth-order valence-electron chi connectivity index (χ4n) is 3.98. The summed E-state index contributed by atoms with van der Waals surface area (Å²) in [7, 11) is 1.82. The molecule has 1 N–H and O–H groups in total. The summed E-state index contributed by atoms with van der Waals surface area (Å²) < 4.78 is 23.2. The summed E-state index contributed by atoms with van der Waals surface area (Å²) in [5.41, 5.74) is 0.515. The zero-order valence-electron chi connectivity index (χ0n) is 21.0. The van der Waals surface area contributed by atoms with Crippen LogP contribution in [0.2, 0.25) is 0 Å². The van der Waals surface area contributed by atoms with Crippen LogP contribution < -0.4 is 21.3 Å². The highest BCUT2D eigenvalue weighted by Gasteiger charge is 2.19. The first-order valence-corrected chi connectivity index (χ1v) is 12.0. The van der Waals surface area contributed by atoms with Gasteiger partial charge in [0.2, 0.25) is 0 Å². The first kappa shape index (κ1) is 25.3. The maximum absolute atomic E-state index is 13.4. The third-order valence-electron chi connectivity index (χ3n) is 5.96. The highest BCUT2D eigenvalue weighted by Crippen LogP contribution is 2.32. The Bertz CT molecular complexity index is 1770. The number of benzene rings is 2. The fraction of sp³-hybridized carbons (Fsp3) is 0.107. The number of rotatable bonds is 7. The van der Waals surface area contributed by atoms with Gasteiger partial charge in [-0.05, 0) is 61.5 Å². The van der Waals surface area contributed by atoms with Gasteiger partial charge < -0.3 is 10.1 Å². The Hall–Kier alpha value is -5.32. The lowest BCUT2D eigenvalue weighted by atomic mass is 10.1. The molecule has 3 heterocycles. The average molecular weight is 527 g/mol. The number of anilines is 1. The van der Waals surface area contributed by atoms with Crippen molar-refractivity contribution >= 4 is 11.6 Å². The number of hydrogen-bond donors (Lipinski definition) is 1. The number of amides is 1. The quantitative estimate of drug-likeness (QED) is 0.343. The number of halogens is 1. The lowest BCUT2D eigenvalue weighted by Gasteiger charge is -2.13. The molecule has 0 aliphatic rings. The van der Waals surface area contributed by atoms with Crippen LogP contribution in [0.5, 0.6) is 11.5 Å². The van der Waals surface area contributed by atoms with Gasteiger partial charge in [-0.3, -0.25) is 23.8 Å². The number of aryl methyl sites for hydroxylation is 2. The van der Waals surface area contributed by atoms with Crippen molar-refractivity contribution in [1.29, 1.82) is 0 Å². The minimum absolute atomic E-state index is 0.159. The van der Waals surface area contributed by atoms with Crippen LogP contribution in [0.15, 0.2) is 95.2 Å². The van der Waals surface area contributed by atoms with Crippen molar-refractivity contribution in [3.8, 4) is 28.3 Å². The minimum atomic E-state index is -0.811. The van der Waals surface area contributed by atoms with E-state index in [0.29, 0.717) is 17.2 Å². The van der Waals surface area contributed by atoms with E-state index in [2.05, 4.69) is 15.4 Å². The molecule has 2 aromatic carbocycles. The van der Waals surface area contributed by atoms with Gasteiger partial charge in [-0.2, -0.15) is 5.10 Å². The second kappa shape index (κ2) is 10.6. The van der Waals surface area contributed by atoms with Gasteiger partial charge in [0.1, 0.15) is 22.9 Å². The molecule has 5 aromatic rings. The van der Waals surface area contributed by atoms with Crippen LogP contribution in [-0.4, -0.2) is 29.8 Å². The monoisotopic (exact) mass is 526 g/mol. The average Bonchev–Trinajstić information content (AvgIpc) is 3.37. The number of pyridine rings is 1. The third kappa shape index (κ3) is 5.23. The summed E-state index contributed by atoms with van der Waals surface area (Å²) in [5.74, 6) is -0.110. The van der Waals surface area contributed by atoms with E-state index in [1.54, 1.807) is 60.5 Å². The Balaban J connectivity index is 1.39. The number of ether oxygens (including phenoxy) is 1. The lowest BCUT2D eigenvalue weighted by molar-refractivity contribution is 0.102. The molecule has 0 saturated heterocycles.